The highest BCUT2D eigenvalue weighted by molar-refractivity contribution is 9.10. The smallest absolute Gasteiger partial charge is 0.144 e. The number of hydrogen-bond acceptors (Lipinski definition) is 3. The molecule has 3 rings (SSSR count). The third-order valence-electron chi connectivity index (χ3n) is 3.48. The summed E-state index contributed by atoms with van der Waals surface area (Å²) in [6.45, 7) is 4.06. The van der Waals surface area contributed by atoms with Crippen LogP contribution in [0.25, 0.3) is 0 Å². The number of hydrogen-bond donors (Lipinski definition) is 2. The Hall–Kier alpha value is -1.39. The molecule has 2 aromatic rings. The first-order chi connectivity index (χ1) is 9.25. The zero-order valence-electron chi connectivity index (χ0n) is 10.8. The molecule has 1 aliphatic rings. The van der Waals surface area contributed by atoms with E-state index in [4.69, 9.17) is 0 Å². The Labute approximate surface area is 121 Å². The second kappa shape index (κ2) is 5.31. The van der Waals surface area contributed by atoms with Gasteiger partial charge in [0, 0.05) is 18.4 Å². The van der Waals surface area contributed by atoms with Crippen LogP contribution in [0.4, 0.5) is 11.5 Å². The van der Waals surface area contributed by atoms with Crippen molar-refractivity contribution < 1.29 is 0 Å². The van der Waals surface area contributed by atoms with E-state index < -0.39 is 0 Å². The molecule has 0 fully saturated rings. The van der Waals surface area contributed by atoms with E-state index in [9.17, 15) is 0 Å². The molecule has 0 amide bonds. The number of rotatable bonds is 2. The standard InChI is InChI=1S/C15H16BrN3/c1-10-5-8-18-15(14(10)16)19-13-4-2-3-11-9-17-7-6-12(11)13/h2-5,8,17H,6-7,9H2,1H3,(H,18,19). The maximum Gasteiger partial charge on any atom is 0.144 e. The molecule has 2 heterocycles. The summed E-state index contributed by atoms with van der Waals surface area (Å²) in [5.41, 5.74) is 5.12. The second-order valence-electron chi connectivity index (χ2n) is 4.79. The van der Waals surface area contributed by atoms with Gasteiger partial charge in [-0.25, -0.2) is 4.98 Å². The van der Waals surface area contributed by atoms with E-state index in [0.29, 0.717) is 0 Å². The molecule has 2 N–H and O–H groups in total. The summed E-state index contributed by atoms with van der Waals surface area (Å²) >= 11 is 3.60. The van der Waals surface area contributed by atoms with Crippen molar-refractivity contribution in [3.8, 4) is 0 Å². The number of aromatic nitrogens is 1. The zero-order chi connectivity index (χ0) is 13.2. The highest BCUT2D eigenvalue weighted by Crippen LogP contribution is 2.30. The van der Waals surface area contributed by atoms with Crippen molar-refractivity contribution in [3.63, 3.8) is 0 Å². The number of benzene rings is 1. The first kappa shape index (κ1) is 12.6. The van der Waals surface area contributed by atoms with Gasteiger partial charge in [-0.3, -0.25) is 0 Å². The summed E-state index contributed by atoms with van der Waals surface area (Å²) in [6.07, 6.45) is 2.89. The van der Waals surface area contributed by atoms with E-state index in [1.54, 1.807) is 0 Å². The van der Waals surface area contributed by atoms with Crippen molar-refractivity contribution in [2.75, 3.05) is 11.9 Å². The van der Waals surface area contributed by atoms with Crippen LogP contribution >= 0.6 is 15.9 Å². The molecule has 19 heavy (non-hydrogen) atoms. The number of aryl methyl sites for hydroxylation is 1. The van der Waals surface area contributed by atoms with Crippen LogP contribution < -0.4 is 10.6 Å². The maximum absolute atomic E-state index is 4.41. The molecule has 1 aromatic carbocycles. The molecule has 0 saturated heterocycles. The fourth-order valence-electron chi connectivity index (χ4n) is 2.40. The van der Waals surface area contributed by atoms with Crippen molar-refractivity contribution in [2.45, 2.75) is 19.9 Å². The predicted molar refractivity (Wildman–Crippen MR) is 81.8 cm³/mol. The molecule has 0 atom stereocenters. The Morgan fingerprint density at radius 2 is 2.21 bits per heavy atom. The summed E-state index contributed by atoms with van der Waals surface area (Å²) < 4.78 is 1.03. The molecule has 0 saturated carbocycles. The summed E-state index contributed by atoms with van der Waals surface area (Å²) in [5.74, 6) is 0.881. The van der Waals surface area contributed by atoms with Crippen LogP contribution in [0.2, 0.25) is 0 Å². The summed E-state index contributed by atoms with van der Waals surface area (Å²) in [4.78, 5) is 4.41. The highest BCUT2D eigenvalue weighted by Gasteiger charge is 2.13. The molecule has 4 heteroatoms. The second-order valence-corrected chi connectivity index (χ2v) is 5.58. The molecule has 0 spiro atoms. The fourth-order valence-corrected chi connectivity index (χ4v) is 2.74. The number of nitrogens with one attached hydrogen (secondary N) is 2. The topological polar surface area (TPSA) is 37.0 Å². The van der Waals surface area contributed by atoms with Gasteiger partial charge in [0.15, 0.2) is 0 Å². The quantitative estimate of drug-likeness (QED) is 0.889. The number of anilines is 2. The Morgan fingerprint density at radius 3 is 3.11 bits per heavy atom. The molecule has 0 aliphatic carbocycles. The summed E-state index contributed by atoms with van der Waals surface area (Å²) in [5, 5.41) is 6.86. The lowest BCUT2D eigenvalue weighted by Gasteiger charge is -2.21. The van der Waals surface area contributed by atoms with Crippen LogP contribution in [0.3, 0.4) is 0 Å². The van der Waals surface area contributed by atoms with Gasteiger partial charge in [-0.2, -0.15) is 0 Å². The van der Waals surface area contributed by atoms with Crippen LogP contribution in [0.1, 0.15) is 16.7 Å². The van der Waals surface area contributed by atoms with Crippen molar-refractivity contribution in [2.24, 2.45) is 0 Å². The van der Waals surface area contributed by atoms with E-state index >= 15 is 0 Å². The van der Waals surface area contributed by atoms with Crippen LogP contribution in [0, 0.1) is 6.92 Å². The lowest BCUT2D eigenvalue weighted by atomic mass is 9.99. The molecule has 1 aromatic heterocycles. The van der Waals surface area contributed by atoms with E-state index in [1.807, 2.05) is 12.3 Å². The number of pyridine rings is 1. The lowest BCUT2D eigenvalue weighted by molar-refractivity contribution is 0.645. The minimum Gasteiger partial charge on any atom is -0.339 e. The lowest BCUT2D eigenvalue weighted by Crippen LogP contribution is -2.24. The maximum atomic E-state index is 4.41. The molecule has 98 valence electrons. The van der Waals surface area contributed by atoms with Gasteiger partial charge >= 0.3 is 0 Å². The minimum atomic E-state index is 0.881. The molecule has 0 bridgehead atoms. The third-order valence-corrected chi connectivity index (χ3v) is 4.48. The molecule has 3 nitrogen and oxygen atoms in total. The van der Waals surface area contributed by atoms with Gasteiger partial charge in [0.25, 0.3) is 0 Å². The molecule has 1 aliphatic heterocycles. The van der Waals surface area contributed by atoms with Crippen molar-refractivity contribution in [1.82, 2.24) is 10.3 Å². The Balaban J connectivity index is 1.97. The first-order valence-corrected chi connectivity index (χ1v) is 7.24. The average molecular weight is 318 g/mol. The van der Waals surface area contributed by atoms with E-state index in [0.717, 1.165) is 35.5 Å². The fraction of sp³-hybridized carbons (Fsp3) is 0.267. The van der Waals surface area contributed by atoms with Gasteiger partial charge in [0.1, 0.15) is 5.82 Å². The van der Waals surface area contributed by atoms with Gasteiger partial charge in [-0.15, -0.1) is 0 Å². The largest absolute Gasteiger partial charge is 0.339 e. The highest BCUT2D eigenvalue weighted by atomic mass is 79.9. The minimum absolute atomic E-state index is 0.881. The van der Waals surface area contributed by atoms with Crippen LogP contribution in [-0.2, 0) is 13.0 Å². The van der Waals surface area contributed by atoms with Crippen molar-refractivity contribution >= 4 is 27.4 Å². The van der Waals surface area contributed by atoms with Gasteiger partial charge in [-0.05, 0) is 64.6 Å². The average Bonchev–Trinajstić information content (AvgIpc) is 2.44. The normalized spacial score (nSPS) is 14.0. The Kier molecular flexibility index (Phi) is 3.53. The monoisotopic (exact) mass is 317 g/mol. The van der Waals surface area contributed by atoms with Gasteiger partial charge in [0.05, 0.1) is 4.47 Å². The number of nitrogens with zero attached hydrogens (tertiary/aromatic N) is 1. The number of halogens is 1. The zero-order valence-corrected chi connectivity index (χ0v) is 12.4. The van der Waals surface area contributed by atoms with Gasteiger partial charge in [0.2, 0.25) is 0 Å². The van der Waals surface area contributed by atoms with E-state index in [-0.39, 0.29) is 0 Å². The summed E-state index contributed by atoms with van der Waals surface area (Å²) in [7, 11) is 0. The summed E-state index contributed by atoms with van der Waals surface area (Å²) in [6, 6.07) is 8.41. The Morgan fingerprint density at radius 1 is 1.32 bits per heavy atom. The third kappa shape index (κ3) is 2.51. The molecular formula is C15H16BrN3. The predicted octanol–water partition coefficient (Wildman–Crippen LogP) is 3.54. The van der Waals surface area contributed by atoms with Crippen molar-refractivity contribution in [3.05, 3.63) is 51.6 Å². The molecule has 0 unspecified atom stereocenters. The van der Waals surface area contributed by atoms with Crippen LogP contribution in [-0.4, -0.2) is 11.5 Å². The van der Waals surface area contributed by atoms with Crippen LogP contribution in [0.5, 0.6) is 0 Å². The molecular weight excluding hydrogens is 302 g/mol. The Bertz CT molecular complexity index is 610. The van der Waals surface area contributed by atoms with Crippen LogP contribution in [0.15, 0.2) is 34.9 Å². The van der Waals surface area contributed by atoms with Crippen molar-refractivity contribution in [1.29, 1.82) is 0 Å². The molecule has 0 radical (unpaired) electrons. The van der Waals surface area contributed by atoms with Gasteiger partial charge < -0.3 is 10.6 Å². The SMILES string of the molecule is Cc1ccnc(Nc2cccc3c2CCNC3)c1Br. The van der Waals surface area contributed by atoms with Gasteiger partial charge in [-0.1, -0.05) is 12.1 Å². The number of fused-ring (bicyclic) bond motifs is 1. The first-order valence-electron chi connectivity index (χ1n) is 6.45. The van der Waals surface area contributed by atoms with E-state index in [2.05, 4.69) is 56.7 Å². The van der Waals surface area contributed by atoms with E-state index in [1.165, 1.54) is 16.7 Å².